The molecule has 0 atom stereocenters. The van der Waals surface area contributed by atoms with Crippen LogP contribution in [-0.4, -0.2) is 0 Å². The van der Waals surface area contributed by atoms with Gasteiger partial charge in [-0.2, -0.15) is 0 Å². The first-order chi connectivity index (χ1) is 4.43. The van der Waals surface area contributed by atoms with Gasteiger partial charge in [0.2, 0.25) is 0 Å². The topological polar surface area (TPSA) is 0 Å². The van der Waals surface area contributed by atoms with Crippen molar-refractivity contribution in [2.24, 2.45) is 5.92 Å². The lowest BCUT2D eigenvalue weighted by Crippen LogP contribution is -2.05. The maximum absolute atomic E-state index is 2.49. The first-order valence-electron chi connectivity index (χ1n) is 4.27. The van der Waals surface area contributed by atoms with Gasteiger partial charge in [-0.25, -0.2) is 0 Å². The molecule has 1 radical (unpaired) electrons. The molecule has 0 aromatic heterocycles. The van der Waals surface area contributed by atoms with Crippen LogP contribution < -0.4 is 0 Å². The molecule has 0 heterocycles. The van der Waals surface area contributed by atoms with Gasteiger partial charge in [0.25, 0.3) is 0 Å². The molecule has 0 aromatic carbocycles. The Kier molecular flexibility index (Phi) is 3.10. The largest absolute Gasteiger partial charge is 0.0651 e. The molecule has 0 aromatic rings. The molecule has 0 amide bonds. The molecule has 0 spiro atoms. The molecule has 1 fully saturated rings. The smallest absolute Gasteiger partial charge is 0.0357 e. The van der Waals surface area contributed by atoms with E-state index in [9.17, 15) is 0 Å². The summed E-state index contributed by atoms with van der Waals surface area (Å²) in [4.78, 5) is 0. The third-order valence-electron chi connectivity index (χ3n) is 2.22. The van der Waals surface area contributed by atoms with Crippen molar-refractivity contribution in [1.82, 2.24) is 0 Å². The van der Waals surface area contributed by atoms with Crippen molar-refractivity contribution in [2.75, 3.05) is 0 Å². The van der Waals surface area contributed by atoms with Gasteiger partial charge in [0.15, 0.2) is 0 Å². The highest BCUT2D eigenvalue weighted by molar-refractivity contribution is 4.77. The van der Waals surface area contributed by atoms with Crippen molar-refractivity contribution in [3.8, 4) is 0 Å². The quantitative estimate of drug-likeness (QED) is 0.531. The highest BCUT2D eigenvalue weighted by Gasteiger charge is 2.11. The Morgan fingerprint density at radius 1 is 1.22 bits per heavy atom. The van der Waals surface area contributed by atoms with E-state index in [1.807, 2.05) is 0 Å². The van der Waals surface area contributed by atoms with Crippen LogP contribution in [0.5, 0.6) is 0 Å². The Balaban J connectivity index is 2.08. The Labute approximate surface area is 58.7 Å². The van der Waals surface area contributed by atoms with Crippen LogP contribution in [0.1, 0.15) is 45.4 Å². The molecule has 0 N–H and O–H groups in total. The fourth-order valence-corrected chi connectivity index (χ4v) is 1.70. The van der Waals surface area contributed by atoms with Crippen LogP contribution >= 0.6 is 0 Å². The van der Waals surface area contributed by atoms with Gasteiger partial charge in [-0.15, -0.1) is 0 Å². The van der Waals surface area contributed by atoms with Crippen molar-refractivity contribution in [3.63, 3.8) is 0 Å². The number of hydrogen-bond acceptors (Lipinski definition) is 0. The van der Waals surface area contributed by atoms with E-state index in [4.69, 9.17) is 0 Å². The van der Waals surface area contributed by atoms with Crippen LogP contribution in [0, 0.1) is 12.3 Å². The third-order valence-corrected chi connectivity index (χ3v) is 2.22. The van der Waals surface area contributed by atoms with E-state index in [1.165, 1.54) is 38.5 Å². The van der Waals surface area contributed by atoms with Crippen molar-refractivity contribution in [2.45, 2.75) is 45.4 Å². The summed E-state index contributed by atoms with van der Waals surface area (Å²) in [7, 11) is 0. The van der Waals surface area contributed by atoms with Gasteiger partial charge < -0.3 is 0 Å². The van der Waals surface area contributed by atoms with Crippen LogP contribution in [0.25, 0.3) is 0 Å². The summed E-state index contributed by atoms with van der Waals surface area (Å²) in [6.07, 6.45) is 11.1. The summed E-state index contributed by atoms with van der Waals surface area (Å²) in [5, 5.41) is 0. The molecule has 9 heavy (non-hydrogen) atoms. The molecule has 1 rings (SSSR count). The van der Waals surface area contributed by atoms with E-state index in [-0.39, 0.29) is 0 Å². The van der Waals surface area contributed by atoms with Crippen LogP contribution in [0.15, 0.2) is 0 Å². The summed E-state index contributed by atoms with van der Waals surface area (Å²) in [6.45, 7) is 2.24. The summed E-state index contributed by atoms with van der Waals surface area (Å²) < 4.78 is 0. The monoisotopic (exact) mass is 125 g/mol. The molecular weight excluding hydrogens is 108 g/mol. The Bertz CT molecular complexity index is 57.7. The van der Waals surface area contributed by atoms with Gasteiger partial charge in [-0.1, -0.05) is 45.4 Å². The maximum Gasteiger partial charge on any atom is -0.0357 e. The molecule has 1 aliphatic carbocycles. The average molecular weight is 125 g/mol. The van der Waals surface area contributed by atoms with E-state index in [0.29, 0.717) is 0 Å². The van der Waals surface area contributed by atoms with E-state index in [2.05, 4.69) is 13.3 Å². The summed E-state index contributed by atoms with van der Waals surface area (Å²) >= 11 is 0. The van der Waals surface area contributed by atoms with Gasteiger partial charge in [0.05, 0.1) is 0 Å². The third kappa shape index (κ3) is 2.38. The zero-order chi connectivity index (χ0) is 6.53. The maximum atomic E-state index is 2.49. The second-order valence-electron chi connectivity index (χ2n) is 3.04. The minimum Gasteiger partial charge on any atom is -0.0651 e. The normalized spacial score (nSPS) is 22.3. The molecule has 0 aliphatic heterocycles. The highest BCUT2D eigenvalue weighted by Crippen LogP contribution is 2.26. The minimum atomic E-state index is 0.976. The van der Waals surface area contributed by atoms with Crippen LogP contribution in [0.4, 0.5) is 0 Å². The summed E-state index contributed by atoms with van der Waals surface area (Å²) in [5.41, 5.74) is 0. The van der Waals surface area contributed by atoms with Gasteiger partial charge >= 0.3 is 0 Å². The number of rotatable bonds is 2. The second-order valence-corrected chi connectivity index (χ2v) is 3.04. The fraction of sp³-hybridized carbons (Fsp3) is 0.889. The standard InChI is InChI=1S/C9H17/c1-2-6-9-7-4-3-5-8-9/h6,9H,2-5,7-8H2,1H3. The van der Waals surface area contributed by atoms with Crippen LogP contribution in [-0.2, 0) is 0 Å². The van der Waals surface area contributed by atoms with E-state index in [1.54, 1.807) is 0 Å². The fourth-order valence-electron chi connectivity index (χ4n) is 1.70. The zero-order valence-corrected chi connectivity index (χ0v) is 6.40. The predicted molar refractivity (Wildman–Crippen MR) is 41.2 cm³/mol. The first-order valence-corrected chi connectivity index (χ1v) is 4.27. The van der Waals surface area contributed by atoms with Gasteiger partial charge in [-0.3, -0.25) is 0 Å². The molecule has 1 aliphatic rings. The molecule has 0 unspecified atom stereocenters. The highest BCUT2D eigenvalue weighted by atomic mass is 14.2. The second kappa shape index (κ2) is 3.92. The van der Waals surface area contributed by atoms with Gasteiger partial charge in [0.1, 0.15) is 0 Å². The van der Waals surface area contributed by atoms with Crippen molar-refractivity contribution in [3.05, 3.63) is 6.42 Å². The predicted octanol–water partition coefficient (Wildman–Crippen LogP) is 3.18. The Hall–Kier alpha value is 0. The Morgan fingerprint density at radius 3 is 2.44 bits per heavy atom. The van der Waals surface area contributed by atoms with E-state index < -0.39 is 0 Å². The molecule has 0 nitrogen and oxygen atoms in total. The van der Waals surface area contributed by atoms with E-state index in [0.717, 1.165) is 5.92 Å². The summed E-state index contributed by atoms with van der Waals surface area (Å²) in [5.74, 6) is 0.976. The van der Waals surface area contributed by atoms with Crippen molar-refractivity contribution >= 4 is 0 Å². The molecule has 0 saturated heterocycles. The number of hydrogen-bond donors (Lipinski definition) is 0. The van der Waals surface area contributed by atoms with Crippen molar-refractivity contribution < 1.29 is 0 Å². The van der Waals surface area contributed by atoms with Gasteiger partial charge in [0, 0.05) is 0 Å². The molecular formula is C9H17. The molecule has 0 bridgehead atoms. The first kappa shape index (κ1) is 7.11. The molecule has 53 valence electrons. The average Bonchev–Trinajstić information content (AvgIpc) is 1.91. The van der Waals surface area contributed by atoms with Crippen LogP contribution in [0.2, 0.25) is 0 Å². The van der Waals surface area contributed by atoms with Gasteiger partial charge in [-0.05, 0) is 12.3 Å². The lowest BCUT2D eigenvalue weighted by Gasteiger charge is -2.19. The van der Waals surface area contributed by atoms with E-state index >= 15 is 0 Å². The van der Waals surface area contributed by atoms with Crippen LogP contribution in [0.3, 0.4) is 0 Å². The SMILES string of the molecule is CC[CH]C1CCCCC1. The minimum absolute atomic E-state index is 0.976. The summed E-state index contributed by atoms with van der Waals surface area (Å²) in [6, 6.07) is 0. The van der Waals surface area contributed by atoms with Crippen molar-refractivity contribution in [1.29, 1.82) is 0 Å². The molecule has 1 saturated carbocycles. The Morgan fingerprint density at radius 2 is 1.89 bits per heavy atom. The zero-order valence-electron chi connectivity index (χ0n) is 6.40. The molecule has 0 heteroatoms. The lowest BCUT2D eigenvalue weighted by molar-refractivity contribution is 0.392. The lowest BCUT2D eigenvalue weighted by atomic mass is 9.86.